The van der Waals surface area contributed by atoms with Gasteiger partial charge in [0.1, 0.15) is 23.0 Å². The summed E-state index contributed by atoms with van der Waals surface area (Å²) in [6.45, 7) is 0. The summed E-state index contributed by atoms with van der Waals surface area (Å²) in [6.07, 6.45) is 0.552. The number of phenolic OH excluding ortho intramolecular Hbond substituents is 3. The zero-order valence-electron chi connectivity index (χ0n) is 19.3. The van der Waals surface area contributed by atoms with Crippen LogP contribution in [-0.2, 0) is 12.8 Å². The van der Waals surface area contributed by atoms with E-state index in [1.54, 1.807) is 49.6 Å². The van der Waals surface area contributed by atoms with Crippen molar-refractivity contribution in [2.24, 2.45) is 0 Å². The number of aromatic hydroxyl groups is 3. The number of hydrogen-bond donors (Lipinski definition) is 4. The minimum absolute atomic E-state index is 0.0429. The van der Waals surface area contributed by atoms with E-state index >= 15 is 0 Å². The van der Waals surface area contributed by atoms with E-state index in [1.165, 1.54) is 0 Å². The quantitative estimate of drug-likeness (QED) is 0.321. The van der Waals surface area contributed by atoms with E-state index in [2.05, 4.69) is 0 Å². The minimum Gasteiger partial charge on any atom is -0.508 e. The number of methoxy groups -OCH3 is 1. The number of aliphatic hydroxyl groups excluding tert-OH is 1. The average molecular weight is 471 g/mol. The molecule has 0 saturated heterocycles. The highest BCUT2D eigenvalue weighted by molar-refractivity contribution is 6.14. The van der Waals surface area contributed by atoms with Crippen molar-refractivity contribution >= 4 is 16.6 Å². The molecule has 0 aliphatic heterocycles. The second kappa shape index (κ2) is 8.96. The van der Waals surface area contributed by atoms with Gasteiger partial charge in [0.15, 0.2) is 5.78 Å². The molecule has 1 aliphatic carbocycles. The van der Waals surface area contributed by atoms with Gasteiger partial charge in [0, 0.05) is 41.3 Å². The highest BCUT2D eigenvalue weighted by Crippen LogP contribution is 2.47. The van der Waals surface area contributed by atoms with Gasteiger partial charge in [-0.05, 0) is 52.8 Å². The second-order valence-electron chi connectivity index (χ2n) is 8.96. The summed E-state index contributed by atoms with van der Waals surface area (Å²) in [7, 11) is 1.55. The molecule has 0 bridgehead atoms. The maximum Gasteiger partial charge on any atom is 0.164 e. The van der Waals surface area contributed by atoms with Crippen LogP contribution < -0.4 is 4.74 Å². The first-order valence-electron chi connectivity index (χ1n) is 11.5. The predicted molar refractivity (Wildman–Crippen MR) is 133 cm³/mol. The maximum atomic E-state index is 13.1. The number of rotatable bonds is 5. The molecule has 0 spiro atoms. The van der Waals surface area contributed by atoms with Crippen LogP contribution in [0, 0.1) is 0 Å². The second-order valence-corrected chi connectivity index (χ2v) is 8.96. The average Bonchev–Trinajstić information content (AvgIpc) is 2.86. The molecule has 35 heavy (non-hydrogen) atoms. The van der Waals surface area contributed by atoms with Crippen LogP contribution in [0.5, 0.6) is 23.0 Å². The van der Waals surface area contributed by atoms with E-state index in [1.807, 2.05) is 18.2 Å². The molecule has 0 radical (unpaired) electrons. The summed E-state index contributed by atoms with van der Waals surface area (Å²) in [5.41, 5.74) is 3.99. The molecule has 4 N–H and O–H groups in total. The van der Waals surface area contributed by atoms with Gasteiger partial charge in [-0.15, -0.1) is 0 Å². The largest absolute Gasteiger partial charge is 0.508 e. The molecule has 4 aromatic carbocycles. The number of carbonyl (C=O) groups excluding carboxylic acids is 1. The molecule has 6 heteroatoms. The summed E-state index contributed by atoms with van der Waals surface area (Å²) in [5, 5.41) is 42.7. The Morgan fingerprint density at radius 3 is 1.97 bits per heavy atom. The van der Waals surface area contributed by atoms with Gasteiger partial charge in [0.25, 0.3) is 0 Å². The van der Waals surface area contributed by atoms with Crippen LogP contribution in [0.1, 0.15) is 57.1 Å². The van der Waals surface area contributed by atoms with Crippen molar-refractivity contribution in [1.29, 1.82) is 0 Å². The van der Waals surface area contributed by atoms with E-state index in [9.17, 15) is 25.2 Å². The number of hydrogen-bond acceptors (Lipinski definition) is 6. The van der Waals surface area contributed by atoms with Crippen molar-refractivity contribution in [3.05, 3.63) is 94.0 Å². The number of fused-ring (bicyclic) bond motifs is 3. The Morgan fingerprint density at radius 2 is 1.40 bits per heavy atom. The molecule has 1 unspecified atom stereocenters. The first kappa shape index (κ1) is 22.7. The van der Waals surface area contributed by atoms with Gasteiger partial charge in [-0.2, -0.15) is 0 Å². The predicted octanol–water partition coefficient (Wildman–Crippen LogP) is 5.16. The lowest BCUT2D eigenvalue weighted by atomic mass is 9.81. The number of ketones is 1. The third kappa shape index (κ3) is 4.06. The molecule has 0 heterocycles. The van der Waals surface area contributed by atoms with E-state index in [4.69, 9.17) is 4.74 Å². The Balaban J connectivity index is 1.80. The molecule has 0 fully saturated rings. The van der Waals surface area contributed by atoms with Gasteiger partial charge in [0.2, 0.25) is 0 Å². The van der Waals surface area contributed by atoms with E-state index in [0.29, 0.717) is 52.5 Å². The first-order chi connectivity index (χ1) is 16.9. The van der Waals surface area contributed by atoms with E-state index in [-0.39, 0.29) is 29.5 Å². The van der Waals surface area contributed by atoms with Gasteiger partial charge >= 0.3 is 0 Å². The monoisotopic (exact) mass is 470 g/mol. The number of Topliss-reactive ketones (excluding diaryl/α,β-unsaturated/α-hetero) is 1. The Morgan fingerprint density at radius 1 is 0.829 bits per heavy atom. The van der Waals surface area contributed by atoms with Crippen molar-refractivity contribution in [2.75, 3.05) is 7.11 Å². The van der Waals surface area contributed by atoms with E-state index in [0.717, 1.165) is 16.7 Å². The molecular formula is C29H26O6. The van der Waals surface area contributed by atoms with Crippen molar-refractivity contribution in [3.8, 4) is 23.0 Å². The Bertz CT molecular complexity index is 1420. The molecule has 0 saturated carbocycles. The summed E-state index contributed by atoms with van der Waals surface area (Å²) < 4.78 is 5.86. The fourth-order valence-electron chi connectivity index (χ4n) is 5.03. The van der Waals surface area contributed by atoms with Crippen LogP contribution in [-0.4, -0.2) is 33.3 Å². The fraction of sp³-hybridized carbons (Fsp3) is 0.207. The Labute approximate surface area is 202 Å². The highest BCUT2D eigenvalue weighted by Gasteiger charge is 2.30. The van der Waals surface area contributed by atoms with Crippen LogP contribution >= 0.6 is 0 Å². The van der Waals surface area contributed by atoms with E-state index < -0.39 is 6.10 Å². The maximum absolute atomic E-state index is 13.1. The minimum atomic E-state index is -0.769. The number of phenols is 3. The zero-order valence-corrected chi connectivity index (χ0v) is 19.3. The normalized spacial score (nSPS) is 15.3. The first-order valence-corrected chi connectivity index (χ1v) is 11.5. The lowest BCUT2D eigenvalue weighted by Crippen LogP contribution is -2.16. The van der Waals surface area contributed by atoms with Crippen molar-refractivity contribution in [3.63, 3.8) is 0 Å². The molecular weight excluding hydrogens is 444 g/mol. The van der Waals surface area contributed by atoms with Crippen molar-refractivity contribution in [1.82, 2.24) is 0 Å². The van der Waals surface area contributed by atoms with Crippen LogP contribution in [0.2, 0.25) is 0 Å². The third-order valence-electron chi connectivity index (χ3n) is 6.75. The molecule has 178 valence electrons. The molecule has 0 amide bonds. The molecule has 5 rings (SSSR count). The topological polar surface area (TPSA) is 107 Å². The summed E-state index contributed by atoms with van der Waals surface area (Å²) in [6, 6.07) is 17.2. The summed E-state index contributed by atoms with van der Waals surface area (Å²) in [5.74, 6) is 0.671. The molecule has 4 aromatic rings. The molecule has 1 atom stereocenters. The SMILES string of the molecule is COc1c(Cc2ccc(O)cc2)c(O)c2c3c(ccc2c1Cc1ccc(O)cc1)C(O)CCC3=O. The molecule has 1 aliphatic rings. The lowest BCUT2D eigenvalue weighted by Gasteiger charge is -2.25. The van der Waals surface area contributed by atoms with Gasteiger partial charge in [-0.25, -0.2) is 0 Å². The van der Waals surface area contributed by atoms with Crippen molar-refractivity contribution < 1.29 is 30.0 Å². The van der Waals surface area contributed by atoms with Crippen LogP contribution in [0.25, 0.3) is 10.8 Å². The van der Waals surface area contributed by atoms with Crippen LogP contribution in [0.3, 0.4) is 0 Å². The zero-order chi connectivity index (χ0) is 24.7. The molecule has 0 aromatic heterocycles. The summed E-state index contributed by atoms with van der Waals surface area (Å²) >= 11 is 0. The van der Waals surface area contributed by atoms with Crippen LogP contribution in [0.4, 0.5) is 0 Å². The fourth-order valence-corrected chi connectivity index (χ4v) is 5.03. The van der Waals surface area contributed by atoms with Crippen LogP contribution in [0.15, 0.2) is 60.7 Å². The Hall–Kier alpha value is -4.03. The Kier molecular flexibility index (Phi) is 5.83. The third-order valence-corrected chi connectivity index (χ3v) is 6.75. The van der Waals surface area contributed by atoms with Gasteiger partial charge < -0.3 is 25.2 Å². The number of carbonyl (C=O) groups is 1. The number of benzene rings is 4. The highest BCUT2D eigenvalue weighted by atomic mass is 16.5. The van der Waals surface area contributed by atoms with Gasteiger partial charge in [-0.1, -0.05) is 36.4 Å². The smallest absolute Gasteiger partial charge is 0.164 e. The summed E-state index contributed by atoms with van der Waals surface area (Å²) in [4.78, 5) is 13.1. The molecule has 6 nitrogen and oxygen atoms in total. The van der Waals surface area contributed by atoms with Gasteiger partial charge in [0.05, 0.1) is 13.2 Å². The van der Waals surface area contributed by atoms with Gasteiger partial charge in [-0.3, -0.25) is 4.79 Å². The number of aliphatic hydroxyl groups is 1. The lowest BCUT2D eigenvalue weighted by molar-refractivity contribution is 0.0899. The standard InChI is InChI=1S/C29H26O6/c1-35-29-22(14-16-2-6-18(30)7-3-16)20-10-11-21-24(32)12-13-25(33)26(21)27(20)28(34)23(29)15-17-4-8-19(31)9-5-17/h2-11,24,30-32,34H,12-15H2,1H3. The number of ether oxygens (including phenoxy) is 1. The van der Waals surface area contributed by atoms with Crippen molar-refractivity contribution in [2.45, 2.75) is 31.8 Å².